The van der Waals surface area contributed by atoms with E-state index in [-0.39, 0.29) is 12.5 Å². The average molecular weight is 324 g/mol. The van der Waals surface area contributed by atoms with E-state index in [0.29, 0.717) is 5.88 Å². The van der Waals surface area contributed by atoms with Crippen LogP contribution in [-0.2, 0) is 16.1 Å². The van der Waals surface area contributed by atoms with Crippen molar-refractivity contribution in [3.63, 3.8) is 0 Å². The number of hydrogen-bond donors (Lipinski definition) is 0. The summed E-state index contributed by atoms with van der Waals surface area (Å²) in [6.45, 7) is 4.26. The van der Waals surface area contributed by atoms with E-state index in [4.69, 9.17) is 9.47 Å². The second-order valence-corrected chi connectivity index (χ2v) is 5.73. The van der Waals surface area contributed by atoms with Crippen LogP contribution < -0.4 is 4.74 Å². The number of nitrogens with zero attached hydrogens (tertiary/aromatic N) is 2. The van der Waals surface area contributed by atoms with Crippen molar-refractivity contribution in [2.45, 2.75) is 20.4 Å². The topological polar surface area (TPSA) is 53.4 Å². The Kier molecular flexibility index (Phi) is 4.25. The highest BCUT2D eigenvalue weighted by molar-refractivity contribution is 5.99. The van der Waals surface area contributed by atoms with Gasteiger partial charge in [0.2, 0.25) is 5.88 Å². The Bertz CT molecular complexity index is 895. The fourth-order valence-electron chi connectivity index (χ4n) is 3.01. The lowest BCUT2D eigenvalue weighted by Crippen LogP contribution is -2.12. The van der Waals surface area contributed by atoms with Gasteiger partial charge < -0.3 is 14.0 Å². The second-order valence-electron chi connectivity index (χ2n) is 5.73. The van der Waals surface area contributed by atoms with Gasteiger partial charge in [0.25, 0.3) is 0 Å². The lowest BCUT2D eigenvalue weighted by atomic mass is 10.0. The Morgan fingerprint density at radius 2 is 1.96 bits per heavy atom. The molecule has 0 fully saturated rings. The SMILES string of the molecule is COC(=O)Cn1c(C)c(-c2ccc(OC)nc2)c2cc(C)ccc21. The number of pyridine rings is 1. The first kappa shape index (κ1) is 16.1. The van der Waals surface area contributed by atoms with Crippen LogP contribution in [-0.4, -0.2) is 29.7 Å². The number of rotatable bonds is 4. The van der Waals surface area contributed by atoms with Crippen molar-refractivity contribution >= 4 is 16.9 Å². The van der Waals surface area contributed by atoms with E-state index in [1.54, 1.807) is 13.3 Å². The van der Waals surface area contributed by atoms with Gasteiger partial charge in [-0.3, -0.25) is 4.79 Å². The largest absolute Gasteiger partial charge is 0.481 e. The summed E-state index contributed by atoms with van der Waals surface area (Å²) in [5, 5.41) is 1.10. The lowest BCUT2D eigenvalue weighted by Gasteiger charge is -2.07. The van der Waals surface area contributed by atoms with Crippen molar-refractivity contribution in [3.05, 3.63) is 47.8 Å². The molecule has 0 saturated heterocycles. The summed E-state index contributed by atoms with van der Waals surface area (Å²) in [6.07, 6.45) is 1.80. The predicted octanol–water partition coefficient (Wildman–Crippen LogP) is 3.50. The maximum atomic E-state index is 11.8. The van der Waals surface area contributed by atoms with Gasteiger partial charge in [-0.15, -0.1) is 0 Å². The predicted molar refractivity (Wildman–Crippen MR) is 93.2 cm³/mol. The van der Waals surface area contributed by atoms with Crippen LogP contribution in [0.1, 0.15) is 11.3 Å². The molecule has 0 aliphatic carbocycles. The molecule has 0 amide bonds. The van der Waals surface area contributed by atoms with Gasteiger partial charge in [-0.05, 0) is 32.0 Å². The molecule has 2 heterocycles. The normalized spacial score (nSPS) is 10.8. The molecule has 0 bridgehead atoms. The van der Waals surface area contributed by atoms with Gasteiger partial charge >= 0.3 is 5.97 Å². The van der Waals surface area contributed by atoms with Crippen molar-refractivity contribution in [1.29, 1.82) is 0 Å². The minimum absolute atomic E-state index is 0.186. The van der Waals surface area contributed by atoms with Gasteiger partial charge in [-0.1, -0.05) is 11.6 Å². The number of aryl methyl sites for hydroxylation is 1. The first-order valence-electron chi connectivity index (χ1n) is 7.72. The summed E-state index contributed by atoms with van der Waals surface area (Å²) in [4.78, 5) is 16.1. The van der Waals surface area contributed by atoms with E-state index >= 15 is 0 Å². The highest BCUT2D eigenvalue weighted by atomic mass is 16.5. The number of methoxy groups -OCH3 is 2. The maximum absolute atomic E-state index is 11.8. The number of carbonyl (C=O) groups is 1. The standard InChI is InChI=1S/C19H20N2O3/c1-12-5-7-16-15(9-12)19(13(2)21(16)11-18(22)24-4)14-6-8-17(23-3)20-10-14/h5-10H,11H2,1-4H3. The van der Waals surface area contributed by atoms with E-state index in [9.17, 15) is 4.79 Å². The van der Waals surface area contributed by atoms with Crippen molar-refractivity contribution in [2.24, 2.45) is 0 Å². The Balaban J connectivity index is 2.23. The summed E-state index contributed by atoms with van der Waals surface area (Å²) in [7, 11) is 3.00. The number of hydrogen-bond acceptors (Lipinski definition) is 4. The van der Waals surface area contributed by atoms with Crippen molar-refractivity contribution in [1.82, 2.24) is 9.55 Å². The molecule has 5 heteroatoms. The van der Waals surface area contributed by atoms with E-state index < -0.39 is 0 Å². The van der Waals surface area contributed by atoms with Crippen LogP contribution in [0.3, 0.4) is 0 Å². The summed E-state index contributed by atoms with van der Waals surface area (Å²) >= 11 is 0. The molecule has 24 heavy (non-hydrogen) atoms. The number of fused-ring (bicyclic) bond motifs is 1. The van der Waals surface area contributed by atoms with E-state index in [0.717, 1.165) is 27.7 Å². The molecule has 2 aromatic heterocycles. The number of ether oxygens (including phenoxy) is 2. The lowest BCUT2D eigenvalue weighted by molar-refractivity contribution is -0.141. The zero-order chi connectivity index (χ0) is 17.3. The summed E-state index contributed by atoms with van der Waals surface area (Å²) in [5.41, 5.74) is 5.25. The summed E-state index contributed by atoms with van der Waals surface area (Å²) < 4.78 is 12.0. The van der Waals surface area contributed by atoms with Gasteiger partial charge in [0.05, 0.1) is 14.2 Å². The third-order valence-corrected chi connectivity index (χ3v) is 4.23. The molecule has 3 aromatic rings. The molecular weight excluding hydrogens is 304 g/mol. The molecule has 0 saturated carbocycles. The molecule has 1 aromatic carbocycles. The van der Waals surface area contributed by atoms with Gasteiger partial charge in [0.15, 0.2) is 0 Å². The molecule has 0 aliphatic heterocycles. The minimum Gasteiger partial charge on any atom is -0.481 e. The Morgan fingerprint density at radius 1 is 1.17 bits per heavy atom. The van der Waals surface area contributed by atoms with Crippen LogP contribution in [0.2, 0.25) is 0 Å². The molecule has 0 unspecified atom stereocenters. The van der Waals surface area contributed by atoms with Gasteiger partial charge in [-0.2, -0.15) is 0 Å². The summed E-state index contributed by atoms with van der Waals surface area (Å²) in [5.74, 6) is 0.306. The van der Waals surface area contributed by atoms with Crippen molar-refractivity contribution < 1.29 is 14.3 Å². The Labute approximate surface area is 140 Å². The molecule has 0 spiro atoms. The molecule has 0 atom stereocenters. The highest BCUT2D eigenvalue weighted by Gasteiger charge is 2.18. The van der Waals surface area contributed by atoms with E-state index in [1.807, 2.05) is 35.8 Å². The van der Waals surface area contributed by atoms with E-state index in [2.05, 4.69) is 18.0 Å². The molecule has 5 nitrogen and oxygen atoms in total. The Morgan fingerprint density at radius 3 is 2.58 bits per heavy atom. The third kappa shape index (κ3) is 2.73. The minimum atomic E-state index is -0.269. The molecule has 0 N–H and O–H groups in total. The van der Waals surface area contributed by atoms with Crippen LogP contribution in [0.5, 0.6) is 5.88 Å². The quantitative estimate of drug-likeness (QED) is 0.689. The average Bonchev–Trinajstić information content (AvgIpc) is 2.86. The first-order chi connectivity index (χ1) is 11.5. The smallest absolute Gasteiger partial charge is 0.325 e. The zero-order valence-electron chi connectivity index (χ0n) is 14.3. The van der Waals surface area contributed by atoms with Gasteiger partial charge in [-0.25, -0.2) is 4.98 Å². The number of benzene rings is 1. The van der Waals surface area contributed by atoms with Crippen molar-refractivity contribution in [2.75, 3.05) is 14.2 Å². The van der Waals surface area contributed by atoms with Crippen LogP contribution in [0.4, 0.5) is 0 Å². The van der Waals surface area contributed by atoms with Crippen LogP contribution in [0.25, 0.3) is 22.0 Å². The fourth-order valence-corrected chi connectivity index (χ4v) is 3.01. The number of aromatic nitrogens is 2. The highest BCUT2D eigenvalue weighted by Crippen LogP contribution is 2.35. The number of carbonyl (C=O) groups excluding carboxylic acids is 1. The number of esters is 1. The van der Waals surface area contributed by atoms with Crippen molar-refractivity contribution in [3.8, 4) is 17.0 Å². The Hall–Kier alpha value is -2.82. The third-order valence-electron chi connectivity index (χ3n) is 4.23. The molecular formula is C19H20N2O3. The van der Waals surface area contributed by atoms with Gasteiger partial charge in [0.1, 0.15) is 6.54 Å². The molecule has 3 rings (SSSR count). The van der Waals surface area contributed by atoms with Crippen LogP contribution in [0, 0.1) is 13.8 Å². The molecule has 124 valence electrons. The monoisotopic (exact) mass is 324 g/mol. The van der Waals surface area contributed by atoms with E-state index in [1.165, 1.54) is 12.7 Å². The zero-order valence-corrected chi connectivity index (χ0v) is 14.3. The molecule has 0 radical (unpaired) electrons. The summed E-state index contributed by atoms with van der Waals surface area (Å²) in [6, 6.07) is 10.1. The fraction of sp³-hybridized carbons (Fsp3) is 0.263. The maximum Gasteiger partial charge on any atom is 0.325 e. The second kappa shape index (κ2) is 6.35. The van der Waals surface area contributed by atoms with Crippen LogP contribution in [0.15, 0.2) is 36.5 Å². The first-order valence-corrected chi connectivity index (χ1v) is 7.72. The van der Waals surface area contributed by atoms with Crippen LogP contribution >= 0.6 is 0 Å². The molecule has 0 aliphatic rings. The van der Waals surface area contributed by atoms with Gasteiger partial charge in [0, 0.05) is 40.0 Å².